The first kappa shape index (κ1) is 19.6. The van der Waals surface area contributed by atoms with Crippen LogP contribution in [0.3, 0.4) is 0 Å². The van der Waals surface area contributed by atoms with Gasteiger partial charge in [0.05, 0.1) is 12.2 Å². The molecule has 1 unspecified atom stereocenters. The molecule has 1 atom stereocenters. The highest BCUT2D eigenvalue weighted by Crippen LogP contribution is 2.33. The Kier molecular flexibility index (Phi) is 6.07. The minimum atomic E-state index is -4.45. The summed E-state index contributed by atoms with van der Waals surface area (Å²) in [5.41, 5.74) is -0.785. The molecule has 0 amide bonds. The van der Waals surface area contributed by atoms with Gasteiger partial charge in [-0.25, -0.2) is 9.78 Å². The SMILES string of the molecule is CCOC(=O)C(C)Oc1ccc(Oc2cc(C)c(C(F)(F)F)cn2)cc1. The molecule has 2 rings (SSSR count). The second-order valence-electron chi connectivity index (χ2n) is 5.42. The van der Waals surface area contributed by atoms with E-state index in [1.807, 2.05) is 0 Å². The summed E-state index contributed by atoms with van der Waals surface area (Å²) in [6.45, 7) is 4.87. The van der Waals surface area contributed by atoms with Crippen molar-refractivity contribution in [2.24, 2.45) is 0 Å². The van der Waals surface area contributed by atoms with Gasteiger partial charge in [-0.15, -0.1) is 0 Å². The van der Waals surface area contributed by atoms with Crippen LogP contribution in [-0.2, 0) is 15.7 Å². The van der Waals surface area contributed by atoms with Crippen molar-refractivity contribution in [1.29, 1.82) is 0 Å². The van der Waals surface area contributed by atoms with E-state index in [-0.39, 0.29) is 18.1 Å². The molecular weight excluding hydrogens is 351 g/mol. The fraction of sp³-hybridized carbons (Fsp3) is 0.333. The number of aromatic nitrogens is 1. The second-order valence-corrected chi connectivity index (χ2v) is 5.42. The number of alkyl halides is 3. The average molecular weight is 369 g/mol. The van der Waals surface area contributed by atoms with Crippen LogP contribution < -0.4 is 9.47 Å². The van der Waals surface area contributed by atoms with E-state index in [2.05, 4.69) is 4.98 Å². The third kappa shape index (κ3) is 5.11. The molecule has 0 aliphatic rings. The number of hydrogen-bond donors (Lipinski definition) is 0. The molecule has 1 heterocycles. The zero-order chi connectivity index (χ0) is 19.3. The molecule has 2 aromatic rings. The van der Waals surface area contributed by atoms with Crippen LogP contribution >= 0.6 is 0 Å². The summed E-state index contributed by atoms with van der Waals surface area (Å²) in [7, 11) is 0. The summed E-state index contributed by atoms with van der Waals surface area (Å²) in [6.07, 6.45) is -4.48. The quantitative estimate of drug-likeness (QED) is 0.700. The van der Waals surface area contributed by atoms with Crippen molar-refractivity contribution >= 4 is 5.97 Å². The zero-order valence-corrected chi connectivity index (χ0v) is 14.5. The Morgan fingerprint density at radius 3 is 2.35 bits per heavy atom. The van der Waals surface area contributed by atoms with Crippen molar-refractivity contribution in [2.75, 3.05) is 6.61 Å². The molecule has 0 aliphatic carbocycles. The first-order chi connectivity index (χ1) is 12.2. The van der Waals surface area contributed by atoms with Gasteiger partial charge in [-0.05, 0) is 50.6 Å². The number of carbonyl (C=O) groups excluding carboxylic acids is 1. The third-order valence-corrected chi connectivity index (χ3v) is 3.37. The molecule has 0 saturated heterocycles. The van der Waals surface area contributed by atoms with Crippen molar-refractivity contribution in [1.82, 2.24) is 4.98 Å². The van der Waals surface area contributed by atoms with Gasteiger partial charge in [0.15, 0.2) is 6.10 Å². The van der Waals surface area contributed by atoms with E-state index in [1.165, 1.54) is 13.0 Å². The number of nitrogens with zero attached hydrogens (tertiary/aromatic N) is 1. The molecule has 0 spiro atoms. The lowest BCUT2D eigenvalue weighted by Gasteiger charge is -2.14. The third-order valence-electron chi connectivity index (χ3n) is 3.37. The Balaban J connectivity index is 2.03. The van der Waals surface area contributed by atoms with Crippen LogP contribution in [0.5, 0.6) is 17.4 Å². The molecule has 0 N–H and O–H groups in total. The van der Waals surface area contributed by atoms with E-state index in [4.69, 9.17) is 14.2 Å². The lowest BCUT2D eigenvalue weighted by atomic mass is 10.1. The van der Waals surface area contributed by atoms with Gasteiger partial charge in [-0.3, -0.25) is 0 Å². The molecule has 5 nitrogen and oxygen atoms in total. The number of pyridine rings is 1. The Labute approximate surface area is 148 Å². The lowest BCUT2D eigenvalue weighted by Crippen LogP contribution is -2.25. The highest BCUT2D eigenvalue weighted by Gasteiger charge is 2.33. The van der Waals surface area contributed by atoms with Crippen molar-refractivity contribution < 1.29 is 32.2 Å². The molecular formula is C18H18F3NO4. The molecule has 0 fully saturated rings. The van der Waals surface area contributed by atoms with E-state index in [0.717, 1.165) is 6.20 Å². The molecule has 0 bridgehead atoms. The predicted octanol–water partition coefficient (Wildman–Crippen LogP) is 4.53. The summed E-state index contributed by atoms with van der Waals surface area (Å²) in [5, 5.41) is 0. The standard InChI is InChI=1S/C18H18F3NO4/c1-4-24-17(23)12(3)25-13-5-7-14(8-6-13)26-16-9-11(2)15(10-22-16)18(19,20)21/h5-10,12H,4H2,1-3H3. The molecule has 0 aliphatic heterocycles. The first-order valence-corrected chi connectivity index (χ1v) is 7.85. The number of carbonyl (C=O) groups is 1. The number of benzene rings is 1. The van der Waals surface area contributed by atoms with Crippen LogP contribution in [0.1, 0.15) is 25.0 Å². The highest BCUT2D eigenvalue weighted by atomic mass is 19.4. The maximum absolute atomic E-state index is 12.7. The monoisotopic (exact) mass is 369 g/mol. The summed E-state index contributed by atoms with van der Waals surface area (Å²) in [5.74, 6) is 0.364. The summed E-state index contributed by atoms with van der Waals surface area (Å²) in [6, 6.07) is 7.48. The van der Waals surface area contributed by atoms with Crippen LogP contribution in [0, 0.1) is 6.92 Å². The summed E-state index contributed by atoms with van der Waals surface area (Å²) < 4.78 is 53.9. The van der Waals surface area contributed by atoms with E-state index >= 15 is 0 Å². The maximum atomic E-state index is 12.7. The van der Waals surface area contributed by atoms with Crippen molar-refractivity contribution in [2.45, 2.75) is 33.1 Å². The Morgan fingerprint density at radius 2 is 1.81 bits per heavy atom. The first-order valence-electron chi connectivity index (χ1n) is 7.85. The smallest absolute Gasteiger partial charge is 0.418 e. The van der Waals surface area contributed by atoms with Crippen LogP contribution in [0.2, 0.25) is 0 Å². The number of halogens is 3. The van der Waals surface area contributed by atoms with Gasteiger partial charge >= 0.3 is 12.1 Å². The number of hydrogen-bond acceptors (Lipinski definition) is 5. The van der Waals surface area contributed by atoms with Crippen LogP contribution in [0.25, 0.3) is 0 Å². The van der Waals surface area contributed by atoms with Crippen molar-refractivity contribution in [3.05, 3.63) is 47.7 Å². The number of aryl methyl sites for hydroxylation is 1. The Hall–Kier alpha value is -2.77. The predicted molar refractivity (Wildman–Crippen MR) is 87.2 cm³/mol. The maximum Gasteiger partial charge on any atom is 0.418 e. The van der Waals surface area contributed by atoms with Gasteiger partial charge in [-0.1, -0.05) is 0 Å². The molecule has 1 aromatic carbocycles. The number of rotatable bonds is 6. The normalized spacial score (nSPS) is 12.4. The summed E-state index contributed by atoms with van der Waals surface area (Å²) in [4.78, 5) is 15.2. The topological polar surface area (TPSA) is 57.7 Å². The van der Waals surface area contributed by atoms with Crippen LogP contribution in [0.15, 0.2) is 36.5 Å². The van der Waals surface area contributed by atoms with Crippen LogP contribution in [0.4, 0.5) is 13.2 Å². The van der Waals surface area contributed by atoms with Gasteiger partial charge < -0.3 is 14.2 Å². The largest absolute Gasteiger partial charge is 0.479 e. The van der Waals surface area contributed by atoms with Crippen molar-refractivity contribution in [3.8, 4) is 17.4 Å². The van der Waals surface area contributed by atoms with Gasteiger partial charge in [-0.2, -0.15) is 13.2 Å². The minimum absolute atomic E-state index is 0.0192. The zero-order valence-electron chi connectivity index (χ0n) is 14.5. The lowest BCUT2D eigenvalue weighted by molar-refractivity contribution is -0.150. The molecule has 140 valence electrons. The number of ether oxygens (including phenoxy) is 3. The molecule has 1 aromatic heterocycles. The van der Waals surface area contributed by atoms with E-state index < -0.39 is 23.8 Å². The fourth-order valence-corrected chi connectivity index (χ4v) is 2.10. The molecule has 0 saturated carbocycles. The second kappa shape index (κ2) is 8.07. The van der Waals surface area contributed by atoms with E-state index in [9.17, 15) is 18.0 Å². The highest BCUT2D eigenvalue weighted by molar-refractivity contribution is 5.74. The van der Waals surface area contributed by atoms with Gasteiger partial charge in [0.2, 0.25) is 5.88 Å². The van der Waals surface area contributed by atoms with Gasteiger partial charge in [0, 0.05) is 12.3 Å². The minimum Gasteiger partial charge on any atom is -0.479 e. The molecule has 8 heteroatoms. The summed E-state index contributed by atoms with van der Waals surface area (Å²) >= 11 is 0. The molecule has 26 heavy (non-hydrogen) atoms. The van der Waals surface area contributed by atoms with Crippen molar-refractivity contribution in [3.63, 3.8) is 0 Å². The fourth-order valence-electron chi connectivity index (χ4n) is 2.10. The number of esters is 1. The van der Waals surface area contributed by atoms with Crippen LogP contribution in [-0.4, -0.2) is 23.7 Å². The van der Waals surface area contributed by atoms with E-state index in [0.29, 0.717) is 11.5 Å². The average Bonchev–Trinajstić information content (AvgIpc) is 2.55. The Morgan fingerprint density at radius 1 is 1.19 bits per heavy atom. The molecule has 0 radical (unpaired) electrons. The van der Waals surface area contributed by atoms with Gasteiger partial charge in [0.25, 0.3) is 0 Å². The van der Waals surface area contributed by atoms with E-state index in [1.54, 1.807) is 38.1 Å². The Bertz CT molecular complexity index is 760. The van der Waals surface area contributed by atoms with Gasteiger partial charge in [0.1, 0.15) is 11.5 Å².